The zero-order valence-corrected chi connectivity index (χ0v) is 35.4. The van der Waals surface area contributed by atoms with E-state index in [1.54, 1.807) is 0 Å². The third-order valence-corrected chi connectivity index (χ3v) is 15.1. The second-order valence-electron chi connectivity index (χ2n) is 18.0. The van der Waals surface area contributed by atoms with Gasteiger partial charge < -0.3 is 4.90 Å². The maximum absolute atomic E-state index is 2.57. The van der Waals surface area contributed by atoms with Crippen LogP contribution in [0, 0.1) is 0 Å². The van der Waals surface area contributed by atoms with Crippen molar-refractivity contribution in [1.82, 2.24) is 0 Å². The first kappa shape index (κ1) is 35.6. The summed E-state index contributed by atoms with van der Waals surface area (Å²) in [6, 6.07) is 86.8. The Balaban J connectivity index is 1.10. The van der Waals surface area contributed by atoms with Gasteiger partial charge in [-0.05, 0) is 137 Å². The largest absolute Gasteiger partial charge is 0.310 e. The molecule has 1 unspecified atom stereocenters. The van der Waals surface area contributed by atoms with Gasteiger partial charge in [0.15, 0.2) is 0 Å². The number of fused-ring (bicyclic) bond motifs is 19. The predicted molar refractivity (Wildman–Crippen MR) is 267 cm³/mol. The minimum atomic E-state index is -0.464. The maximum Gasteiger partial charge on any atom is 0.0726 e. The van der Waals surface area contributed by atoms with Crippen LogP contribution in [-0.2, 0) is 10.8 Å². The molecular formula is C63H41N. The predicted octanol–water partition coefficient (Wildman–Crippen LogP) is 16.3. The fourth-order valence-corrected chi connectivity index (χ4v) is 12.5. The van der Waals surface area contributed by atoms with Crippen molar-refractivity contribution in [3.05, 3.63) is 269 Å². The number of hydrogen-bond acceptors (Lipinski definition) is 1. The number of rotatable bonds is 4. The van der Waals surface area contributed by atoms with E-state index in [-0.39, 0.29) is 5.41 Å². The normalized spacial score (nSPS) is 15.8. The lowest BCUT2D eigenvalue weighted by Crippen LogP contribution is -2.26. The van der Waals surface area contributed by atoms with Crippen molar-refractivity contribution < 1.29 is 0 Å². The SMILES string of the molecule is CC1(c2ccccc2)c2ccccc2-c2ccc(N(c3ccc4c(c3)C3(c5ccccc5-c5ccccc53)c3ccccc3-4)c3cccc4c5ccccc5c5ccccc5c34)cc21. The van der Waals surface area contributed by atoms with Gasteiger partial charge in [0.1, 0.15) is 0 Å². The van der Waals surface area contributed by atoms with E-state index in [2.05, 4.69) is 242 Å². The van der Waals surface area contributed by atoms with Crippen LogP contribution in [0.2, 0.25) is 0 Å². The Kier molecular flexibility index (Phi) is 7.24. The molecule has 3 aliphatic carbocycles. The van der Waals surface area contributed by atoms with Crippen molar-refractivity contribution in [2.75, 3.05) is 4.90 Å². The van der Waals surface area contributed by atoms with Crippen LogP contribution < -0.4 is 4.90 Å². The smallest absolute Gasteiger partial charge is 0.0726 e. The molecule has 0 heterocycles. The summed E-state index contributed by atoms with van der Waals surface area (Å²) >= 11 is 0. The Morgan fingerprint density at radius 3 is 1.25 bits per heavy atom. The topological polar surface area (TPSA) is 3.24 Å². The molecule has 14 rings (SSSR count). The van der Waals surface area contributed by atoms with Gasteiger partial charge in [0.05, 0.1) is 11.1 Å². The monoisotopic (exact) mass is 811 g/mol. The molecule has 11 aromatic rings. The Hall–Kier alpha value is -8.00. The zero-order valence-electron chi connectivity index (χ0n) is 35.4. The first-order chi connectivity index (χ1) is 31.7. The average molecular weight is 812 g/mol. The summed E-state index contributed by atoms with van der Waals surface area (Å²) in [5.74, 6) is 0. The van der Waals surface area contributed by atoms with Crippen molar-refractivity contribution in [2.24, 2.45) is 0 Å². The lowest BCUT2D eigenvalue weighted by atomic mass is 9.70. The Morgan fingerprint density at radius 2 is 0.688 bits per heavy atom. The summed E-state index contributed by atoms with van der Waals surface area (Å²) in [5.41, 5.74) is 19.8. The van der Waals surface area contributed by atoms with Crippen molar-refractivity contribution in [2.45, 2.75) is 17.8 Å². The summed E-state index contributed by atoms with van der Waals surface area (Å²) in [6.07, 6.45) is 0. The first-order valence-corrected chi connectivity index (χ1v) is 22.5. The highest BCUT2D eigenvalue weighted by molar-refractivity contribution is 6.28. The van der Waals surface area contributed by atoms with Crippen molar-refractivity contribution in [3.8, 4) is 33.4 Å². The zero-order chi connectivity index (χ0) is 42.1. The molecule has 0 saturated carbocycles. The maximum atomic E-state index is 2.57. The molecule has 11 aromatic carbocycles. The molecular weight excluding hydrogens is 771 g/mol. The molecule has 64 heavy (non-hydrogen) atoms. The first-order valence-electron chi connectivity index (χ1n) is 22.5. The van der Waals surface area contributed by atoms with Crippen LogP contribution >= 0.6 is 0 Å². The third kappa shape index (κ3) is 4.48. The van der Waals surface area contributed by atoms with Crippen molar-refractivity contribution >= 4 is 49.4 Å². The summed E-state index contributed by atoms with van der Waals surface area (Å²) in [6.45, 7) is 2.42. The Morgan fingerprint density at radius 1 is 0.297 bits per heavy atom. The summed E-state index contributed by atoms with van der Waals surface area (Å²) in [5, 5.41) is 7.56. The summed E-state index contributed by atoms with van der Waals surface area (Å²) in [4.78, 5) is 2.57. The van der Waals surface area contributed by atoms with E-state index in [4.69, 9.17) is 0 Å². The van der Waals surface area contributed by atoms with Crippen LogP contribution in [0.1, 0.15) is 45.9 Å². The number of anilines is 3. The Bertz CT molecular complexity index is 3660. The molecule has 0 saturated heterocycles. The molecule has 1 nitrogen and oxygen atoms in total. The van der Waals surface area contributed by atoms with Gasteiger partial charge in [-0.2, -0.15) is 0 Å². The lowest BCUT2D eigenvalue weighted by molar-refractivity contribution is 0.714. The van der Waals surface area contributed by atoms with Gasteiger partial charge in [0.2, 0.25) is 0 Å². The number of hydrogen-bond donors (Lipinski definition) is 0. The lowest BCUT2D eigenvalue weighted by Gasteiger charge is -2.33. The van der Waals surface area contributed by atoms with Crippen LogP contribution in [0.5, 0.6) is 0 Å². The van der Waals surface area contributed by atoms with E-state index in [0.717, 1.165) is 17.1 Å². The molecule has 0 aromatic heterocycles. The van der Waals surface area contributed by atoms with E-state index < -0.39 is 5.41 Å². The second-order valence-corrected chi connectivity index (χ2v) is 18.0. The van der Waals surface area contributed by atoms with Gasteiger partial charge in [-0.1, -0.05) is 200 Å². The standard InChI is InChI=1S/C63H41N/c1-62(40-18-3-2-4-19-40)54-29-13-9-23-46(54)50-36-34-41(38-58(50)62)64(60-33-17-28-53-45-21-6-5-20-43(45)44-22-7-8-27-52(44)61(53)60)42-35-37-51-49-26-12-16-32-57(49)63(59(51)39-42)55-30-14-10-24-47(55)48-25-11-15-31-56(48)63/h2-39H,1H3. The summed E-state index contributed by atoms with van der Waals surface area (Å²) < 4.78 is 0. The van der Waals surface area contributed by atoms with E-state index in [1.807, 2.05) is 0 Å². The molecule has 0 bridgehead atoms. The van der Waals surface area contributed by atoms with Gasteiger partial charge in [-0.25, -0.2) is 0 Å². The van der Waals surface area contributed by atoms with Crippen LogP contribution in [0.3, 0.4) is 0 Å². The second kappa shape index (κ2) is 13.0. The minimum Gasteiger partial charge on any atom is -0.310 e. The molecule has 1 atom stereocenters. The fraction of sp³-hybridized carbons (Fsp3) is 0.0476. The van der Waals surface area contributed by atoms with Gasteiger partial charge in [0.25, 0.3) is 0 Å². The van der Waals surface area contributed by atoms with Gasteiger partial charge in [0, 0.05) is 22.2 Å². The third-order valence-electron chi connectivity index (χ3n) is 15.1. The van der Waals surface area contributed by atoms with E-state index in [1.165, 1.54) is 105 Å². The van der Waals surface area contributed by atoms with Crippen LogP contribution in [0.15, 0.2) is 231 Å². The summed E-state index contributed by atoms with van der Waals surface area (Å²) in [7, 11) is 0. The molecule has 0 fully saturated rings. The molecule has 1 spiro atoms. The van der Waals surface area contributed by atoms with Crippen LogP contribution in [-0.4, -0.2) is 0 Å². The number of benzene rings is 11. The molecule has 1 heteroatoms. The number of nitrogens with zero attached hydrogens (tertiary/aromatic N) is 1. The van der Waals surface area contributed by atoms with E-state index >= 15 is 0 Å². The fourth-order valence-electron chi connectivity index (χ4n) is 12.5. The average Bonchev–Trinajstić information content (AvgIpc) is 3.94. The molecule has 298 valence electrons. The molecule has 0 amide bonds. The van der Waals surface area contributed by atoms with Crippen molar-refractivity contribution in [3.63, 3.8) is 0 Å². The van der Waals surface area contributed by atoms with Gasteiger partial charge >= 0.3 is 0 Å². The van der Waals surface area contributed by atoms with E-state index in [9.17, 15) is 0 Å². The van der Waals surface area contributed by atoms with Crippen molar-refractivity contribution in [1.29, 1.82) is 0 Å². The van der Waals surface area contributed by atoms with E-state index in [0.29, 0.717) is 0 Å². The molecule has 0 N–H and O–H groups in total. The van der Waals surface area contributed by atoms with Gasteiger partial charge in [-0.15, -0.1) is 0 Å². The molecule has 0 radical (unpaired) electrons. The highest BCUT2D eigenvalue weighted by atomic mass is 15.1. The molecule has 3 aliphatic rings. The van der Waals surface area contributed by atoms with Gasteiger partial charge in [-0.3, -0.25) is 0 Å². The highest BCUT2D eigenvalue weighted by Gasteiger charge is 2.52. The Labute approximate surface area is 373 Å². The minimum absolute atomic E-state index is 0.350. The van der Waals surface area contributed by atoms with Crippen LogP contribution in [0.4, 0.5) is 17.1 Å². The highest BCUT2D eigenvalue weighted by Crippen LogP contribution is 2.64. The molecule has 0 aliphatic heterocycles. The van der Waals surface area contributed by atoms with Crippen LogP contribution in [0.25, 0.3) is 65.7 Å². The quantitative estimate of drug-likeness (QED) is 0.160.